The van der Waals surface area contributed by atoms with Gasteiger partial charge >= 0.3 is 0 Å². The van der Waals surface area contributed by atoms with Gasteiger partial charge in [0.25, 0.3) is 15.6 Å². The molecule has 2 heterocycles. The Kier molecular flexibility index (Phi) is 3.96. The van der Waals surface area contributed by atoms with Gasteiger partial charge in [0.05, 0.1) is 6.20 Å². The number of benzene rings is 2. The smallest absolute Gasteiger partial charge is 0.264 e. The summed E-state index contributed by atoms with van der Waals surface area (Å²) in [6, 6.07) is 11.3. The molecule has 0 aliphatic carbocycles. The van der Waals surface area contributed by atoms with Crippen molar-refractivity contribution in [1.82, 2.24) is 20.2 Å². The van der Waals surface area contributed by atoms with E-state index in [0.29, 0.717) is 22.4 Å². The van der Waals surface area contributed by atoms with Crippen LogP contribution in [0.2, 0.25) is 0 Å². The van der Waals surface area contributed by atoms with Crippen LogP contribution >= 0.6 is 0 Å². The molecular formula is C17H12FN5O3S. The highest BCUT2D eigenvalue weighted by atomic mass is 32.2. The van der Waals surface area contributed by atoms with Crippen molar-refractivity contribution in [2.45, 2.75) is 4.90 Å². The number of aromatic nitrogens is 4. The highest BCUT2D eigenvalue weighted by molar-refractivity contribution is 7.92. The van der Waals surface area contributed by atoms with Gasteiger partial charge in [-0.25, -0.2) is 17.8 Å². The second-order valence-electron chi connectivity index (χ2n) is 5.66. The van der Waals surface area contributed by atoms with Crippen LogP contribution in [-0.2, 0) is 10.0 Å². The molecule has 0 unspecified atom stereocenters. The maximum Gasteiger partial charge on any atom is 0.264 e. The number of aromatic amines is 2. The molecule has 0 saturated carbocycles. The van der Waals surface area contributed by atoms with Crippen LogP contribution in [-0.4, -0.2) is 28.6 Å². The molecule has 136 valence electrons. The van der Waals surface area contributed by atoms with Gasteiger partial charge in [-0.2, -0.15) is 5.10 Å². The van der Waals surface area contributed by atoms with Crippen LogP contribution in [0, 0.1) is 5.82 Å². The molecule has 3 N–H and O–H groups in total. The predicted octanol–water partition coefficient (Wildman–Crippen LogP) is 2.25. The third-order valence-electron chi connectivity index (χ3n) is 3.86. The zero-order chi connectivity index (χ0) is 19.0. The first-order chi connectivity index (χ1) is 12.9. The van der Waals surface area contributed by atoms with Crippen LogP contribution in [0.5, 0.6) is 0 Å². The Morgan fingerprint density at radius 3 is 2.52 bits per heavy atom. The number of halogens is 1. The van der Waals surface area contributed by atoms with Gasteiger partial charge in [-0.1, -0.05) is 12.1 Å². The molecule has 0 fully saturated rings. The number of sulfonamides is 1. The fraction of sp³-hybridized carbons (Fsp3) is 0. The SMILES string of the molecule is O=c1[nH]c(-c2ccc(NS(=O)(=O)c3ccccc3F)cc2)nc2[nH]ncc12. The quantitative estimate of drug-likeness (QED) is 0.498. The summed E-state index contributed by atoms with van der Waals surface area (Å²) in [6.07, 6.45) is 1.38. The molecule has 2 aromatic heterocycles. The molecular weight excluding hydrogens is 373 g/mol. The van der Waals surface area contributed by atoms with Crippen molar-refractivity contribution in [1.29, 1.82) is 0 Å². The van der Waals surface area contributed by atoms with Crippen molar-refractivity contribution in [2.75, 3.05) is 4.72 Å². The monoisotopic (exact) mass is 385 g/mol. The van der Waals surface area contributed by atoms with Crippen LogP contribution in [0.25, 0.3) is 22.4 Å². The van der Waals surface area contributed by atoms with E-state index in [1.807, 2.05) is 0 Å². The molecule has 0 bridgehead atoms. The van der Waals surface area contributed by atoms with Crippen LogP contribution in [0.15, 0.2) is 64.4 Å². The lowest BCUT2D eigenvalue weighted by Gasteiger charge is -2.09. The maximum atomic E-state index is 13.7. The number of hydrogen-bond donors (Lipinski definition) is 3. The van der Waals surface area contributed by atoms with E-state index >= 15 is 0 Å². The summed E-state index contributed by atoms with van der Waals surface area (Å²) >= 11 is 0. The van der Waals surface area contributed by atoms with Gasteiger partial charge in [0, 0.05) is 11.3 Å². The highest BCUT2D eigenvalue weighted by Crippen LogP contribution is 2.22. The topological polar surface area (TPSA) is 121 Å². The van der Waals surface area contributed by atoms with E-state index in [-0.39, 0.29) is 11.2 Å². The molecule has 0 aliphatic rings. The first-order valence-corrected chi connectivity index (χ1v) is 9.23. The molecule has 4 aromatic rings. The highest BCUT2D eigenvalue weighted by Gasteiger charge is 2.18. The van der Waals surface area contributed by atoms with E-state index in [1.54, 1.807) is 12.1 Å². The van der Waals surface area contributed by atoms with E-state index in [9.17, 15) is 17.6 Å². The number of anilines is 1. The zero-order valence-electron chi connectivity index (χ0n) is 13.6. The summed E-state index contributed by atoms with van der Waals surface area (Å²) in [4.78, 5) is 18.5. The normalized spacial score (nSPS) is 11.6. The standard InChI is InChI=1S/C17H12FN5O3S/c18-13-3-1-2-4-14(13)27(25,26)23-11-7-5-10(6-8-11)15-20-16-12(9-19-22-16)17(24)21-15/h1-9,23H,(H2,19,20,21,22,24). The Balaban J connectivity index is 1.64. The summed E-state index contributed by atoms with van der Waals surface area (Å²) in [7, 11) is -4.06. The van der Waals surface area contributed by atoms with Gasteiger partial charge in [-0.3, -0.25) is 14.6 Å². The Bertz CT molecular complexity index is 1300. The Labute approximate surface area is 152 Å². The molecule has 10 heteroatoms. The fourth-order valence-corrected chi connectivity index (χ4v) is 3.69. The van der Waals surface area contributed by atoms with Crippen LogP contribution < -0.4 is 10.3 Å². The summed E-state index contributed by atoms with van der Waals surface area (Å²) < 4.78 is 40.7. The van der Waals surface area contributed by atoms with Gasteiger partial charge in [0.1, 0.15) is 21.9 Å². The molecule has 0 saturated heterocycles. The van der Waals surface area contributed by atoms with Gasteiger partial charge < -0.3 is 4.98 Å². The Morgan fingerprint density at radius 2 is 1.78 bits per heavy atom. The van der Waals surface area contributed by atoms with Gasteiger partial charge in [0.2, 0.25) is 0 Å². The Morgan fingerprint density at radius 1 is 1.04 bits per heavy atom. The average Bonchev–Trinajstić information content (AvgIpc) is 3.11. The van der Waals surface area contributed by atoms with Crippen molar-refractivity contribution in [3.05, 3.63) is 70.9 Å². The van der Waals surface area contributed by atoms with Gasteiger partial charge in [-0.05, 0) is 36.4 Å². The molecule has 8 nitrogen and oxygen atoms in total. The fourth-order valence-electron chi connectivity index (χ4n) is 2.55. The lowest BCUT2D eigenvalue weighted by molar-refractivity contribution is 0.570. The molecule has 0 aliphatic heterocycles. The predicted molar refractivity (Wildman–Crippen MR) is 97.2 cm³/mol. The van der Waals surface area contributed by atoms with E-state index in [0.717, 1.165) is 6.07 Å². The first-order valence-electron chi connectivity index (χ1n) is 7.75. The second-order valence-corrected chi connectivity index (χ2v) is 7.31. The minimum absolute atomic E-state index is 0.243. The van der Waals surface area contributed by atoms with E-state index in [4.69, 9.17) is 0 Å². The van der Waals surface area contributed by atoms with Crippen molar-refractivity contribution < 1.29 is 12.8 Å². The molecule has 27 heavy (non-hydrogen) atoms. The lowest BCUT2D eigenvalue weighted by atomic mass is 10.2. The number of rotatable bonds is 4. The van der Waals surface area contributed by atoms with Crippen molar-refractivity contribution in [3.8, 4) is 11.4 Å². The van der Waals surface area contributed by atoms with Crippen molar-refractivity contribution >= 4 is 26.7 Å². The summed E-state index contributed by atoms with van der Waals surface area (Å²) in [5, 5.41) is 6.74. The Hall–Kier alpha value is -3.53. The third-order valence-corrected chi connectivity index (χ3v) is 5.27. The molecule has 0 spiro atoms. The van der Waals surface area contributed by atoms with Gasteiger partial charge in [-0.15, -0.1) is 0 Å². The zero-order valence-corrected chi connectivity index (χ0v) is 14.4. The number of nitrogens with zero attached hydrogens (tertiary/aromatic N) is 2. The summed E-state index contributed by atoms with van der Waals surface area (Å²) in [5.41, 5.74) is 0.815. The maximum absolute atomic E-state index is 13.7. The van der Waals surface area contributed by atoms with Crippen molar-refractivity contribution in [2.24, 2.45) is 0 Å². The number of fused-ring (bicyclic) bond motifs is 1. The third kappa shape index (κ3) is 3.17. The average molecular weight is 385 g/mol. The summed E-state index contributed by atoms with van der Waals surface area (Å²) in [5.74, 6) is -0.531. The minimum Gasteiger partial charge on any atom is -0.306 e. The number of H-pyrrole nitrogens is 2. The second kappa shape index (κ2) is 6.32. The number of hydrogen-bond acceptors (Lipinski definition) is 5. The van der Waals surface area contributed by atoms with Crippen LogP contribution in [0.4, 0.5) is 10.1 Å². The van der Waals surface area contributed by atoms with Crippen LogP contribution in [0.3, 0.4) is 0 Å². The minimum atomic E-state index is -4.06. The van der Waals surface area contributed by atoms with E-state index in [2.05, 4.69) is 24.9 Å². The molecule has 0 atom stereocenters. The van der Waals surface area contributed by atoms with E-state index in [1.165, 1.54) is 36.5 Å². The van der Waals surface area contributed by atoms with Crippen LogP contribution in [0.1, 0.15) is 0 Å². The number of nitrogens with one attached hydrogen (secondary N) is 3. The van der Waals surface area contributed by atoms with Gasteiger partial charge in [0.15, 0.2) is 5.65 Å². The lowest BCUT2D eigenvalue weighted by Crippen LogP contribution is -2.14. The van der Waals surface area contributed by atoms with E-state index < -0.39 is 20.7 Å². The first kappa shape index (κ1) is 16.9. The largest absolute Gasteiger partial charge is 0.306 e. The molecule has 0 radical (unpaired) electrons. The molecule has 0 amide bonds. The molecule has 4 rings (SSSR count). The summed E-state index contributed by atoms with van der Waals surface area (Å²) in [6.45, 7) is 0. The van der Waals surface area contributed by atoms with Crippen molar-refractivity contribution in [3.63, 3.8) is 0 Å². The molecule has 2 aromatic carbocycles.